The van der Waals surface area contributed by atoms with Crippen molar-refractivity contribution in [2.24, 2.45) is 29.6 Å². The maximum atomic E-state index is 14.1. The average molecular weight is 714 g/mol. The van der Waals surface area contributed by atoms with Crippen molar-refractivity contribution in [3.63, 3.8) is 0 Å². The minimum absolute atomic E-state index is 0.0481. The monoisotopic (exact) mass is 713 g/mol. The first-order valence-electron chi connectivity index (χ1n) is 19.9. The molecule has 0 aromatic carbocycles. The minimum atomic E-state index is -1.66. The Kier molecular flexibility index (Phi) is 16.0. The highest BCUT2D eigenvalue weighted by molar-refractivity contribution is 5.86. The van der Waals surface area contributed by atoms with E-state index in [9.17, 15) is 24.6 Å². The molecule has 3 heterocycles. The number of methoxy groups -OCH3 is 1. The Balaban J connectivity index is 1.59. The molecule has 0 aromatic heterocycles. The van der Waals surface area contributed by atoms with Crippen molar-refractivity contribution in [2.45, 2.75) is 167 Å². The van der Waals surface area contributed by atoms with E-state index in [4.69, 9.17) is 14.2 Å². The number of cyclic esters (lactones) is 1. The lowest BCUT2D eigenvalue weighted by molar-refractivity contribution is -0.284. The molecule has 9 atom stereocenters. The van der Waals surface area contributed by atoms with Crippen LogP contribution in [0.25, 0.3) is 0 Å². The molecule has 1 aliphatic carbocycles. The standard InChI is InChI=1S/C42H67NO8/c1-28-12-8-7-9-13-30(3)38(49-6)25-35-22-17-32(5)42(48,51-35)27-40(46)43-23-11-10-14-36(43)41(47)50-39(26-37(45)29(2)16-15-28)31(4)24-33-18-20-34(44)21-19-33/h7-9,12-13,28-29,31-36,38-39,44,48H,10-11,14-27H2,1-6H3/b9-7+,12-8+,30-13+/t28-,29-,31-,32-,33-,34-,35+,36+,38+,39?,42+/m1/s1. The molecule has 2 N–H and O–H groups in total. The molecule has 1 amide bonds. The number of fused-ring (bicyclic) bond motifs is 3. The first kappa shape index (κ1) is 41.4. The molecule has 1 unspecified atom stereocenters. The van der Waals surface area contributed by atoms with Gasteiger partial charge in [-0.25, -0.2) is 4.79 Å². The summed E-state index contributed by atoms with van der Waals surface area (Å²) in [4.78, 5) is 43.3. The van der Waals surface area contributed by atoms with Crippen LogP contribution in [-0.4, -0.2) is 82.7 Å². The molecule has 9 nitrogen and oxygen atoms in total. The summed E-state index contributed by atoms with van der Waals surface area (Å²) in [7, 11) is 1.68. The molecule has 288 valence electrons. The minimum Gasteiger partial charge on any atom is -0.460 e. The predicted octanol–water partition coefficient (Wildman–Crippen LogP) is 7.24. The Bertz CT molecular complexity index is 1240. The van der Waals surface area contributed by atoms with Crippen LogP contribution in [0.4, 0.5) is 0 Å². The summed E-state index contributed by atoms with van der Waals surface area (Å²) in [5.41, 5.74) is 1.04. The van der Waals surface area contributed by atoms with Gasteiger partial charge in [0.1, 0.15) is 17.9 Å². The number of piperidine rings is 1. The molecule has 1 saturated carbocycles. The van der Waals surface area contributed by atoms with Crippen LogP contribution in [0.1, 0.15) is 131 Å². The number of nitrogens with zero attached hydrogens (tertiary/aromatic N) is 1. The van der Waals surface area contributed by atoms with Crippen molar-refractivity contribution in [3.8, 4) is 0 Å². The third-order valence-corrected chi connectivity index (χ3v) is 12.3. The van der Waals surface area contributed by atoms with Gasteiger partial charge >= 0.3 is 5.97 Å². The van der Waals surface area contributed by atoms with E-state index in [1.807, 2.05) is 45.1 Å². The Morgan fingerprint density at radius 3 is 2.43 bits per heavy atom. The lowest BCUT2D eigenvalue weighted by atomic mass is 9.79. The number of aliphatic hydroxyl groups excluding tert-OH is 1. The van der Waals surface area contributed by atoms with Crippen molar-refractivity contribution in [2.75, 3.05) is 13.7 Å². The SMILES string of the molecule is CO[C@H]1C[C@@H]2CC[C@@H](C)[C@](O)(CC(=O)N3CCCC[C@H]3C(=O)OC([C@H](C)C[C@H]3CC[C@H](O)CC3)CC(=O)[C@H](C)CC[C@H](C)/C=C/C=C/C=C/1C)O2. The molecule has 4 rings (SSSR count). The number of ether oxygens (including phenoxy) is 3. The van der Waals surface area contributed by atoms with E-state index in [1.165, 1.54) is 0 Å². The highest BCUT2D eigenvalue weighted by Crippen LogP contribution is 2.38. The zero-order chi connectivity index (χ0) is 37.1. The van der Waals surface area contributed by atoms with E-state index >= 15 is 0 Å². The molecule has 4 aliphatic rings. The summed E-state index contributed by atoms with van der Waals surface area (Å²) in [6, 6.07) is -0.770. The number of carbonyl (C=O) groups excluding carboxylic acids is 3. The van der Waals surface area contributed by atoms with Crippen molar-refractivity contribution >= 4 is 17.7 Å². The Morgan fingerprint density at radius 1 is 0.961 bits per heavy atom. The van der Waals surface area contributed by atoms with Gasteiger partial charge in [0.2, 0.25) is 5.91 Å². The molecule has 3 fully saturated rings. The summed E-state index contributed by atoms with van der Waals surface area (Å²) in [5, 5.41) is 21.9. The topological polar surface area (TPSA) is 123 Å². The molecule has 2 saturated heterocycles. The molecular formula is C42H67NO8. The van der Waals surface area contributed by atoms with Gasteiger partial charge in [-0.05, 0) is 107 Å². The number of amides is 1. The average Bonchev–Trinajstić information content (AvgIpc) is 3.10. The van der Waals surface area contributed by atoms with E-state index in [0.29, 0.717) is 37.6 Å². The fourth-order valence-electron chi connectivity index (χ4n) is 8.45. The maximum absolute atomic E-state index is 14.1. The zero-order valence-electron chi connectivity index (χ0n) is 32.3. The first-order chi connectivity index (χ1) is 24.3. The number of aliphatic hydroxyl groups is 2. The number of ketones is 1. The Hall–Kier alpha value is -2.33. The van der Waals surface area contributed by atoms with Crippen LogP contribution < -0.4 is 0 Å². The van der Waals surface area contributed by atoms with Gasteiger partial charge < -0.3 is 29.3 Å². The van der Waals surface area contributed by atoms with Crippen molar-refractivity contribution in [1.29, 1.82) is 0 Å². The van der Waals surface area contributed by atoms with Crippen LogP contribution in [-0.2, 0) is 28.6 Å². The second-order valence-corrected chi connectivity index (χ2v) is 16.5. The lowest BCUT2D eigenvalue weighted by Gasteiger charge is -2.44. The number of hydrogen-bond acceptors (Lipinski definition) is 8. The number of esters is 1. The highest BCUT2D eigenvalue weighted by Gasteiger charge is 2.46. The van der Waals surface area contributed by atoms with Gasteiger partial charge in [0.15, 0.2) is 5.79 Å². The van der Waals surface area contributed by atoms with Gasteiger partial charge in [-0.2, -0.15) is 0 Å². The number of hydrogen-bond donors (Lipinski definition) is 2. The van der Waals surface area contributed by atoms with E-state index in [0.717, 1.165) is 69.8 Å². The van der Waals surface area contributed by atoms with Gasteiger partial charge in [-0.3, -0.25) is 9.59 Å². The van der Waals surface area contributed by atoms with Crippen LogP contribution in [0.15, 0.2) is 36.0 Å². The summed E-state index contributed by atoms with van der Waals surface area (Å²) < 4.78 is 18.5. The second-order valence-electron chi connectivity index (χ2n) is 16.5. The number of allylic oxidation sites excluding steroid dienone is 5. The van der Waals surface area contributed by atoms with Crippen molar-refractivity contribution in [1.82, 2.24) is 4.90 Å². The molecule has 9 heteroatoms. The zero-order valence-corrected chi connectivity index (χ0v) is 32.3. The first-order valence-corrected chi connectivity index (χ1v) is 19.9. The van der Waals surface area contributed by atoms with Crippen molar-refractivity contribution < 1.29 is 38.8 Å². The van der Waals surface area contributed by atoms with E-state index in [-0.39, 0.29) is 60.6 Å². The summed E-state index contributed by atoms with van der Waals surface area (Å²) >= 11 is 0. The summed E-state index contributed by atoms with van der Waals surface area (Å²) in [6.07, 6.45) is 18.7. The normalized spacial score (nSPS) is 40.2. The van der Waals surface area contributed by atoms with E-state index in [1.54, 1.807) is 12.0 Å². The molecule has 0 radical (unpaired) electrons. The summed E-state index contributed by atoms with van der Waals surface area (Å²) in [5.74, 6) is -2.14. The van der Waals surface area contributed by atoms with Crippen LogP contribution in [0, 0.1) is 29.6 Å². The van der Waals surface area contributed by atoms with Gasteiger partial charge in [0.25, 0.3) is 0 Å². The predicted molar refractivity (Wildman–Crippen MR) is 198 cm³/mol. The van der Waals surface area contributed by atoms with Gasteiger partial charge in [-0.15, -0.1) is 0 Å². The highest BCUT2D eigenvalue weighted by atomic mass is 16.6. The molecule has 0 aromatic rings. The van der Waals surface area contributed by atoms with Crippen LogP contribution in [0.5, 0.6) is 0 Å². The third kappa shape index (κ3) is 12.1. The Morgan fingerprint density at radius 2 is 1.71 bits per heavy atom. The van der Waals surface area contributed by atoms with Gasteiger partial charge in [0.05, 0.1) is 24.7 Å². The van der Waals surface area contributed by atoms with Gasteiger partial charge in [-0.1, -0.05) is 58.1 Å². The molecule has 51 heavy (non-hydrogen) atoms. The van der Waals surface area contributed by atoms with Crippen LogP contribution in [0.2, 0.25) is 0 Å². The quantitative estimate of drug-likeness (QED) is 0.293. The molecule has 2 bridgehead atoms. The number of carbonyl (C=O) groups is 3. The Labute approximate surface area is 307 Å². The lowest BCUT2D eigenvalue weighted by Crippen LogP contribution is -2.55. The van der Waals surface area contributed by atoms with Crippen LogP contribution in [0.3, 0.4) is 0 Å². The summed E-state index contributed by atoms with van der Waals surface area (Å²) in [6.45, 7) is 10.5. The van der Waals surface area contributed by atoms with E-state index < -0.39 is 23.9 Å². The van der Waals surface area contributed by atoms with E-state index in [2.05, 4.69) is 19.9 Å². The fourth-order valence-corrected chi connectivity index (χ4v) is 8.45. The largest absolute Gasteiger partial charge is 0.460 e. The molecule has 3 aliphatic heterocycles. The molecule has 0 spiro atoms. The number of Topliss-reactive ketones (excluding diaryl/α,β-unsaturated/α-hetero) is 1. The third-order valence-electron chi connectivity index (χ3n) is 12.3. The number of rotatable bonds is 4. The smallest absolute Gasteiger partial charge is 0.329 e. The maximum Gasteiger partial charge on any atom is 0.329 e. The fraction of sp³-hybridized carbons (Fsp3) is 0.786. The van der Waals surface area contributed by atoms with Crippen molar-refractivity contribution in [3.05, 3.63) is 36.0 Å². The van der Waals surface area contributed by atoms with Crippen LogP contribution >= 0.6 is 0 Å². The second kappa shape index (κ2) is 19.7. The van der Waals surface area contributed by atoms with Gasteiger partial charge in [0, 0.05) is 38.3 Å². The molecular weight excluding hydrogens is 646 g/mol.